The number of nitrogens with zero attached hydrogens (tertiary/aromatic N) is 2. The summed E-state index contributed by atoms with van der Waals surface area (Å²) in [7, 11) is 1.64. The number of benzene rings is 2. The maximum atomic E-state index is 12.6. The first-order valence-corrected chi connectivity index (χ1v) is 10.6. The summed E-state index contributed by atoms with van der Waals surface area (Å²) in [6, 6.07) is 15.7. The number of carbonyl (C=O) groups excluding carboxylic acids is 2. The Hall–Kier alpha value is -3.47. The molecule has 158 valence electrons. The molecule has 5 nitrogen and oxygen atoms in total. The number of aromatic nitrogens is 1. The number of hydrogen-bond acceptors (Lipinski definition) is 4. The van der Waals surface area contributed by atoms with Gasteiger partial charge in [0.1, 0.15) is 5.75 Å². The smallest absolute Gasteiger partial charge is 0.226 e. The quantitative estimate of drug-likeness (QED) is 0.518. The van der Waals surface area contributed by atoms with Crippen LogP contribution in [-0.4, -0.2) is 30.3 Å². The number of pyridine rings is 1. The summed E-state index contributed by atoms with van der Waals surface area (Å²) in [5, 5.41) is 0. The number of hydrogen-bond donors (Lipinski definition) is 0. The number of anilines is 1. The topological polar surface area (TPSA) is 59.5 Å². The van der Waals surface area contributed by atoms with Gasteiger partial charge in [0.15, 0.2) is 5.78 Å². The molecule has 1 aliphatic heterocycles. The standard InChI is InChI=1S/C26H26N2O3/c1-3-25(30)28-14-12-21-15-22(16-24(31-2)26(21)28)19-7-9-20(10-8-19)23(29)11-6-18-5-4-13-27-17-18/h4-5,7-10,13,15-17H,3,6,11-12,14H2,1-2H3. The molecule has 0 radical (unpaired) electrons. The zero-order chi connectivity index (χ0) is 21.8. The molecule has 0 saturated heterocycles. The van der Waals surface area contributed by atoms with E-state index in [0.29, 0.717) is 37.1 Å². The Morgan fingerprint density at radius 1 is 1.10 bits per heavy atom. The van der Waals surface area contributed by atoms with Crippen molar-refractivity contribution in [3.05, 3.63) is 77.6 Å². The van der Waals surface area contributed by atoms with Crippen molar-refractivity contribution in [3.8, 4) is 16.9 Å². The van der Waals surface area contributed by atoms with Crippen LogP contribution < -0.4 is 9.64 Å². The van der Waals surface area contributed by atoms with E-state index in [1.807, 2.05) is 54.3 Å². The number of carbonyl (C=O) groups is 2. The molecule has 0 N–H and O–H groups in total. The highest BCUT2D eigenvalue weighted by Gasteiger charge is 2.28. The Morgan fingerprint density at radius 3 is 2.58 bits per heavy atom. The monoisotopic (exact) mass is 414 g/mol. The Balaban J connectivity index is 1.53. The number of ether oxygens (including phenoxy) is 1. The van der Waals surface area contributed by atoms with Crippen molar-refractivity contribution >= 4 is 17.4 Å². The zero-order valence-electron chi connectivity index (χ0n) is 17.9. The Kier molecular flexibility index (Phi) is 6.12. The lowest BCUT2D eigenvalue weighted by Gasteiger charge is -2.20. The maximum Gasteiger partial charge on any atom is 0.226 e. The third-order valence-corrected chi connectivity index (χ3v) is 5.76. The molecule has 31 heavy (non-hydrogen) atoms. The molecular weight excluding hydrogens is 388 g/mol. The second-order valence-corrected chi connectivity index (χ2v) is 7.70. The van der Waals surface area contributed by atoms with E-state index in [0.717, 1.165) is 34.4 Å². The van der Waals surface area contributed by atoms with Crippen LogP contribution in [0.5, 0.6) is 5.75 Å². The molecule has 2 aromatic carbocycles. The van der Waals surface area contributed by atoms with Gasteiger partial charge in [0.25, 0.3) is 0 Å². The minimum absolute atomic E-state index is 0.110. The van der Waals surface area contributed by atoms with Gasteiger partial charge in [-0.05, 0) is 53.3 Å². The summed E-state index contributed by atoms with van der Waals surface area (Å²) in [5.74, 6) is 0.943. The Bertz CT molecular complexity index is 1090. The number of rotatable bonds is 7. The van der Waals surface area contributed by atoms with Gasteiger partial charge < -0.3 is 9.64 Å². The largest absolute Gasteiger partial charge is 0.495 e. The highest BCUT2D eigenvalue weighted by molar-refractivity contribution is 5.98. The van der Waals surface area contributed by atoms with Crippen LogP contribution >= 0.6 is 0 Å². The first-order chi connectivity index (χ1) is 15.1. The zero-order valence-corrected chi connectivity index (χ0v) is 17.9. The lowest BCUT2D eigenvalue weighted by atomic mass is 9.98. The van der Waals surface area contributed by atoms with Crippen LogP contribution in [0.4, 0.5) is 5.69 Å². The molecule has 0 unspecified atom stereocenters. The van der Waals surface area contributed by atoms with Crippen molar-refractivity contribution < 1.29 is 14.3 Å². The first kappa shape index (κ1) is 20.8. The third kappa shape index (κ3) is 4.36. The van der Waals surface area contributed by atoms with Gasteiger partial charge in [-0.3, -0.25) is 14.6 Å². The van der Waals surface area contributed by atoms with Crippen molar-refractivity contribution in [2.24, 2.45) is 0 Å². The van der Waals surface area contributed by atoms with Crippen molar-refractivity contribution in [1.29, 1.82) is 0 Å². The van der Waals surface area contributed by atoms with E-state index in [4.69, 9.17) is 4.74 Å². The molecule has 0 fully saturated rings. The van der Waals surface area contributed by atoms with Crippen LogP contribution in [0.15, 0.2) is 60.9 Å². The van der Waals surface area contributed by atoms with Crippen molar-refractivity contribution in [2.45, 2.75) is 32.6 Å². The molecule has 1 amide bonds. The van der Waals surface area contributed by atoms with Crippen LogP contribution in [0.25, 0.3) is 11.1 Å². The number of aryl methyl sites for hydroxylation is 1. The lowest BCUT2D eigenvalue weighted by Crippen LogP contribution is -2.28. The molecular formula is C26H26N2O3. The van der Waals surface area contributed by atoms with Gasteiger partial charge in [0.05, 0.1) is 12.8 Å². The fourth-order valence-corrected chi connectivity index (χ4v) is 4.07. The summed E-state index contributed by atoms with van der Waals surface area (Å²) in [6.45, 7) is 2.56. The summed E-state index contributed by atoms with van der Waals surface area (Å²) in [5.41, 5.74) is 5.82. The van der Waals surface area contributed by atoms with Crippen LogP contribution in [0, 0.1) is 0 Å². The lowest BCUT2D eigenvalue weighted by molar-refractivity contribution is -0.118. The van der Waals surface area contributed by atoms with Crippen molar-refractivity contribution in [2.75, 3.05) is 18.6 Å². The molecule has 3 aromatic rings. The van der Waals surface area contributed by atoms with E-state index in [1.54, 1.807) is 19.5 Å². The minimum atomic E-state index is 0.110. The highest BCUT2D eigenvalue weighted by Crippen LogP contribution is 2.41. The van der Waals surface area contributed by atoms with Crippen LogP contribution in [0.3, 0.4) is 0 Å². The molecule has 2 heterocycles. The molecule has 0 aliphatic carbocycles. The van der Waals surface area contributed by atoms with E-state index in [2.05, 4.69) is 11.1 Å². The summed E-state index contributed by atoms with van der Waals surface area (Å²) < 4.78 is 5.63. The Morgan fingerprint density at radius 2 is 1.90 bits per heavy atom. The number of Topliss-reactive ketones (excluding diaryl/α,β-unsaturated/α-hetero) is 1. The second-order valence-electron chi connectivity index (χ2n) is 7.70. The predicted molar refractivity (Wildman–Crippen MR) is 122 cm³/mol. The van der Waals surface area contributed by atoms with Gasteiger partial charge in [-0.2, -0.15) is 0 Å². The number of methoxy groups -OCH3 is 1. The number of fused-ring (bicyclic) bond motifs is 1. The minimum Gasteiger partial charge on any atom is -0.495 e. The molecule has 0 bridgehead atoms. The molecule has 0 spiro atoms. The van der Waals surface area contributed by atoms with Crippen molar-refractivity contribution in [3.63, 3.8) is 0 Å². The maximum absolute atomic E-state index is 12.6. The van der Waals surface area contributed by atoms with Crippen LogP contribution in [-0.2, 0) is 17.6 Å². The SMILES string of the molecule is CCC(=O)N1CCc2cc(-c3ccc(C(=O)CCc4cccnc4)cc3)cc(OC)c21. The first-order valence-electron chi connectivity index (χ1n) is 10.6. The van der Waals surface area contributed by atoms with Crippen molar-refractivity contribution in [1.82, 2.24) is 4.98 Å². The Labute approximate surface area is 182 Å². The van der Waals surface area contributed by atoms with Gasteiger partial charge in [-0.15, -0.1) is 0 Å². The van der Waals surface area contributed by atoms with Gasteiger partial charge in [-0.1, -0.05) is 37.3 Å². The predicted octanol–water partition coefficient (Wildman–Crippen LogP) is 4.87. The van der Waals surface area contributed by atoms with E-state index in [-0.39, 0.29) is 11.7 Å². The van der Waals surface area contributed by atoms with Gasteiger partial charge in [0, 0.05) is 37.3 Å². The van der Waals surface area contributed by atoms with Crippen LogP contribution in [0.1, 0.15) is 41.3 Å². The average Bonchev–Trinajstić information content (AvgIpc) is 3.26. The molecule has 1 aromatic heterocycles. The molecule has 4 rings (SSSR count). The van der Waals surface area contributed by atoms with E-state index >= 15 is 0 Å². The molecule has 1 aliphatic rings. The number of amides is 1. The van der Waals surface area contributed by atoms with E-state index in [1.165, 1.54) is 0 Å². The third-order valence-electron chi connectivity index (χ3n) is 5.76. The highest BCUT2D eigenvalue weighted by atomic mass is 16.5. The van der Waals surface area contributed by atoms with Gasteiger partial charge in [0.2, 0.25) is 5.91 Å². The second kappa shape index (κ2) is 9.13. The average molecular weight is 415 g/mol. The summed E-state index contributed by atoms with van der Waals surface area (Å²) in [6.07, 6.45) is 5.96. The summed E-state index contributed by atoms with van der Waals surface area (Å²) >= 11 is 0. The number of ketones is 1. The van der Waals surface area contributed by atoms with Crippen LogP contribution in [0.2, 0.25) is 0 Å². The van der Waals surface area contributed by atoms with E-state index in [9.17, 15) is 9.59 Å². The molecule has 0 saturated carbocycles. The fraction of sp³-hybridized carbons (Fsp3) is 0.269. The normalized spacial score (nSPS) is 12.5. The molecule has 0 atom stereocenters. The van der Waals surface area contributed by atoms with Gasteiger partial charge in [-0.25, -0.2) is 0 Å². The van der Waals surface area contributed by atoms with Gasteiger partial charge >= 0.3 is 0 Å². The van der Waals surface area contributed by atoms with E-state index < -0.39 is 0 Å². The molecule has 5 heteroatoms. The fourth-order valence-electron chi connectivity index (χ4n) is 4.07. The summed E-state index contributed by atoms with van der Waals surface area (Å²) in [4.78, 5) is 30.8.